The minimum atomic E-state index is -0.235. The van der Waals surface area contributed by atoms with E-state index in [0.717, 1.165) is 12.0 Å². The molecule has 0 fully saturated rings. The Labute approximate surface area is 200 Å². The van der Waals surface area contributed by atoms with Crippen molar-refractivity contribution in [3.63, 3.8) is 0 Å². The lowest BCUT2D eigenvalue weighted by Crippen LogP contribution is -2.32. The molecule has 1 unspecified atom stereocenters. The Morgan fingerprint density at radius 3 is 2.62 bits per heavy atom. The fourth-order valence-corrected chi connectivity index (χ4v) is 4.25. The van der Waals surface area contributed by atoms with E-state index in [1.165, 1.54) is 16.3 Å². The number of carbonyl (C=O) groups excluding carboxylic acids is 2. The fraction of sp³-hybridized carbons (Fsp3) is 0.292. The molecule has 0 radical (unpaired) electrons. The van der Waals surface area contributed by atoms with Crippen LogP contribution in [0.5, 0.6) is 0 Å². The Hall–Kier alpha value is -3.66. The lowest BCUT2D eigenvalue weighted by molar-refractivity contribution is -0.118. The number of nitrogens with one attached hydrogen (secondary N) is 2. The number of amides is 2. The molecule has 2 aromatic carbocycles. The fourth-order valence-electron chi connectivity index (χ4n) is 3.48. The molecular weight excluding hydrogens is 452 g/mol. The molecule has 0 spiro atoms. The van der Waals surface area contributed by atoms with Crippen molar-refractivity contribution in [3.8, 4) is 0 Å². The molecule has 10 heteroatoms. The Bertz CT molecular complexity index is 1410. The van der Waals surface area contributed by atoms with Crippen LogP contribution in [0.3, 0.4) is 0 Å². The van der Waals surface area contributed by atoms with E-state index in [1.807, 2.05) is 44.2 Å². The van der Waals surface area contributed by atoms with E-state index in [4.69, 9.17) is 0 Å². The molecule has 34 heavy (non-hydrogen) atoms. The zero-order valence-corrected chi connectivity index (χ0v) is 20.1. The highest BCUT2D eigenvalue weighted by Crippen LogP contribution is 2.22. The van der Waals surface area contributed by atoms with Crippen LogP contribution in [-0.2, 0) is 18.4 Å². The van der Waals surface area contributed by atoms with Gasteiger partial charge >= 0.3 is 0 Å². The van der Waals surface area contributed by atoms with Crippen molar-refractivity contribution >= 4 is 40.3 Å². The minimum absolute atomic E-state index is 0.0299. The average Bonchev–Trinajstić information content (AvgIpc) is 3.29. The van der Waals surface area contributed by atoms with Crippen LogP contribution in [0.1, 0.15) is 36.2 Å². The molecule has 0 saturated carbocycles. The van der Waals surface area contributed by atoms with Crippen LogP contribution in [-0.4, -0.2) is 42.8 Å². The van der Waals surface area contributed by atoms with Gasteiger partial charge in [0.2, 0.25) is 11.7 Å². The molecule has 9 nitrogen and oxygen atoms in total. The topological polar surface area (TPSA) is 110 Å². The Morgan fingerprint density at radius 2 is 1.88 bits per heavy atom. The Morgan fingerprint density at radius 1 is 1.12 bits per heavy atom. The highest BCUT2D eigenvalue weighted by Gasteiger charge is 2.18. The first-order valence-corrected chi connectivity index (χ1v) is 12.0. The second-order valence-electron chi connectivity index (χ2n) is 8.05. The highest BCUT2D eigenvalue weighted by molar-refractivity contribution is 7.99. The van der Waals surface area contributed by atoms with E-state index in [1.54, 1.807) is 29.6 Å². The summed E-state index contributed by atoms with van der Waals surface area (Å²) in [4.78, 5) is 37.9. The van der Waals surface area contributed by atoms with Crippen molar-refractivity contribution in [1.29, 1.82) is 0 Å². The predicted molar refractivity (Wildman–Crippen MR) is 132 cm³/mol. The summed E-state index contributed by atoms with van der Waals surface area (Å²) in [6.07, 6.45) is 0.808. The van der Waals surface area contributed by atoms with E-state index in [0.29, 0.717) is 33.9 Å². The molecule has 0 aliphatic carbocycles. The van der Waals surface area contributed by atoms with Crippen molar-refractivity contribution in [2.24, 2.45) is 7.05 Å². The first-order valence-electron chi connectivity index (χ1n) is 11.0. The number of carbonyl (C=O) groups is 2. The molecule has 1 atom stereocenters. The van der Waals surface area contributed by atoms with E-state index >= 15 is 0 Å². The summed E-state index contributed by atoms with van der Waals surface area (Å²) in [6, 6.07) is 14.6. The van der Waals surface area contributed by atoms with Gasteiger partial charge in [-0.2, -0.15) is 0 Å². The normalized spacial score (nSPS) is 12.1. The number of rotatable bonds is 8. The van der Waals surface area contributed by atoms with Gasteiger partial charge in [-0.15, -0.1) is 10.2 Å². The zero-order chi connectivity index (χ0) is 24.2. The maximum Gasteiger partial charge on any atom is 0.262 e. The largest absolute Gasteiger partial charge is 0.351 e. The number of thioether (sulfide) groups is 1. The second-order valence-corrected chi connectivity index (χ2v) is 8.99. The van der Waals surface area contributed by atoms with Crippen molar-refractivity contribution < 1.29 is 9.59 Å². The van der Waals surface area contributed by atoms with Gasteiger partial charge in [-0.3, -0.25) is 23.4 Å². The van der Waals surface area contributed by atoms with Gasteiger partial charge in [-0.25, -0.2) is 0 Å². The van der Waals surface area contributed by atoms with Gasteiger partial charge in [0.1, 0.15) is 0 Å². The number of aromatic nitrogens is 4. The number of fused-ring (bicyclic) bond motifs is 3. The molecule has 2 heterocycles. The molecule has 2 N–H and O–H groups in total. The third-order valence-corrected chi connectivity index (χ3v) is 6.54. The van der Waals surface area contributed by atoms with Crippen LogP contribution in [0.25, 0.3) is 16.7 Å². The monoisotopic (exact) mass is 478 g/mol. The number of aryl methyl sites for hydroxylation is 1. The summed E-state index contributed by atoms with van der Waals surface area (Å²) in [6.45, 7) is 4.37. The average molecular weight is 479 g/mol. The van der Waals surface area contributed by atoms with Crippen LogP contribution in [0, 0.1) is 0 Å². The summed E-state index contributed by atoms with van der Waals surface area (Å²) < 4.78 is 3.12. The lowest BCUT2D eigenvalue weighted by Gasteiger charge is -2.13. The summed E-state index contributed by atoms with van der Waals surface area (Å²) in [7, 11) is 1.62. The first kappa shape index (κ1) is 23.5. The van der Waals surface area contributed by atoms with Gasteiger partial charge in [0.15, 0.2) is 5.16 Å². The molecular formula is C24H26N6O3S. The SMILES string of the molecule is CCC(C)NC(=O)c1ccc2c(=O)n(C)c3nnc(SCC(=O)NCc4ccccc4)n3c2c1. The van der Waals surface area contributed by atoms with Crippen LogP contribution >= 0.6 is 11.8 Å². The van der Waals surface area contributed by atoms with Gasteiger partial charge in [0, 0.05) is 25.2 Å². The molecule has 0 aliphatic rings. The summed E-state index contributed by atoms with van der Waals surface area (Å²) in [5.74, 6) is 0.108. The molecule has 4 rings (SSSR count). The van der Waals surface area contributed by atoms with E-state index in [-0.39, 0.29) is 29.2 Å². The van der Waals surface area contributed by atoms with Gasteiger partial charge in [0.25, 0.3) is 11.5 Å². The maximum atomic E-state index is 12.9. The standard InChI is InChI=1S/C24H26N6O3S/c1-4-15(2)26-21(32)17-10-11-18-19(12-17)30-23(29(3)22(18)33)27-28-24(30)34-14-20(31)25-13-16-8-6-5-7-9-16/h5-12,15H,4,13-14H2,1-3H3,(H,25,31)(H,26,32). The number of benzene rings is 2. The quantitative estimate of drug-likeness (QED) is 0.377. The first-order chi connectivity index (χ1) is 16.4. The van der Waals surface area contributed by atoms with Crippen molar-refractivity contribution in [2.45, 2.75) is 38.0 Å². The van der Waals surface area contributed by atoms with Gasteiger partial charge in [0.05, 0.1) is 16.7 Å². The molecule has 2 aromatic heterocycles. The predicted octanol–water partition coefficient (Wildman–Crippen LogP) is 2.52. The smallest absolute Gasteiger partial charge is 0.262 e. The van der Waals surface area contributed by atoms with Crippen molar-refractivity contribution in [3.05, 3.63) is 70.0 Å². The molecule has 2 amide bonds. The van der Waals surface area contributed by atoms with E-state index < -0.39 is 0 Å². The Kier molecular flexibility index (Phi) is 6.97. The molecule has 176 valence electrons. The molecule has 0 saturated heterocycles. The highest BCUT2D eigenvalue weighted by atomic mass is 32.2. The molecule has 4 aromatic rings. The third-order valence-electron chi connectivity index (χ3n) is 5.61. The van der Waals surface area contributed by atoms with Crippen LogP contribution < -0.4 is 16.2 Å². The van der Waals surface area contributed by atoms with Gasteiger partial charge < -0.3 is 10.6 Å². The van der Waals surface area contributed by atoms with E-state index in [2.05, 4.69) is 20.8 Å². The second kappa shape index (κ2) is 10.1. The third kappa shape index (κ3) is 4.81. The van der Waals surface area contributed by atoms with Crippen molar-refractivity contribution in [2.75, 3.05) is 5.75 Å². The lowest BCUT2D eigenvalue weighted by atomic mass is 10.1. The van der Waals surface area contributed by atoms with Gasteiger partial charge in [-0.05, 0) is 37.1 Å². The molecule has 0 aliphatic heterocycles. The van der Waals surface area contributed by atoms with Crippen LogP contribution in [0.15, 0.2) is 58.5 Å². The van der Waals surface area contributed by atoms with Crippen molar-refractivity contribution in [1.82, 2.24) is 29.8 Å². The zero-order valence-electron chi connectivity index (χ0n) is 19.2. The maximum absolute atomic E-state index is 12.9. The number of hydrogen-bond donors (Lipinski definition) is 2. The van der Waals surface area contributed by atoms with Gasteiger partial charge in [-0.1, -0.05) is 49.0 Å². The summed E-state index contributed by atoms with van der Waals surface area (Å²) in [5, 5.41) is 15.1. The summed E-state index contributed by atoms with van der Waals surface area (Å²) >= 11 is 1.22. The van der Waals surface area contributed by atoms with E-state index in [9.17, 15) is 14.4 Å². The number of nitrogens with zero attached hydrogens (tertiary/aromatic N) is 4. The summed E-state index contributed by atoms with van der Waals surface area (Å²) in [5.41, 5.74) is 1.73. The molecule has 0 bridgehead atoms. The Balaban J connectivity index is 1.63. The number of hydrogen-bond acceptors (Lipinski definition) is 6. The van der Waals surface area contributed by atoms with Crippen LogP contribution in [0.4, 0.5) is 0 Å². The van der Waals surface area contributed by atoms with Crippen LogP contribution in [0.2, 0.25) is 0 Å². The minimum Gasteiger partial charge on any atom is -0.351 e.